The topological polar surface area (TPSA) is 73.3 Å². The summed E-state index contributed by atoms with van der Waals surface area (Å²) in [6, 6.07) is 0.716. The summed E-state index contributed by atoms with van der Waals surface area (Å²) in [4.78, 5) is 10.9. The van der Waals surface area contributed by atoms with Gasteiger partial charge in [-0.3, -0.25) is 4.90 Å². The van der Waals surface area contributed by atoms with Gasteiger partial charge in [-0.2, -0.15) is 4.98 Å². The summed E-state index contributed by atoms with van der Waals surface area (Å²) in [6.45, 7) is 11.0. The molecule has 0 saturated carbocycles. The zero-order valence-electron chi connectivity index (χ0n) is 16.9. The van der Waals surface area contributed by atoms with Gasteiger partial charge in [-0.1, -0.05) is 6.58 Å². The molecule has 28 heavy (non-hydrogen) atoms. The Morgan fingerprint density at radius 3 is 2.93 bits per heavy atom. The van der Waals surface area contributed by atoms with Crippen molar-refractivity contribution in [1.29, 1.82) is 0 Å². The quantitative estimate of drug-likeness (QED) is 0.497. The maximum absolute atomic E-state index is 14.4. The van der Waals surface area contributed by atoms with Crippen molar-refractivity contribution in [3.63, 3.8) is 0 Å². The highest BCUT2D eigenvalue weighted by Crippen LogP contribution is 2.38. The Morgan fingerprint density at radius 2 is 2.21 bits per heavy atom. The molecule has 1 aromatic heterocycles. The molecule has 2 fully saturated rings. The van der Waals surface area contributed by atoms with Crippen molar-refractivity contribution in [2.75, 3.05) is 17.2 Å². The first-order chi connectivity index (χ1) is 13.3. The van der Waals surface area contributed by atoms with Gasteiger partial charge in [0.2, 0.25) is 5.95 Å². The van der Waals surface area contributed by atoms with E-state index >= 15 is 0 Å². The minimum atomic E-state index is -0.465. The second-order valence-corrected chi connectivity index (χ2v) is 8.23. The molecule has 0 aliphatic carbocycles. The molecule has 1 aromatic rings. The molecular weight excluding hydrogens is 357 g/mol. The van der Waals surface area contributed by atoms with E-state index in [4.69, 9.17) is 0 Å². The molecule has 0 spiro atoms. The number of piperidine rings is 1. The van der Waals surface area contributed by atoms with Crippen molar-refractivity contribution >= 4 is 11.8 Å². The molecule has 2 aliphatic heterocycles. The molecule has 3 rings (SSSR count). The molecule has 2 aliphatic rings. The third-order valence-corrected chi connectivity index (χ3v) is 5.52. The lowest BCUT2D eigenvalue weighted by atomic mass is 9.84. The predicted molar refractivity (Wildman–Crippen MR) is 111 cm³/mol. The Hall–Kier alpha value is -2.41. The zero-order valence-corrected chi connectivity index (χ0v) is 16.9. The van der Waals surface area contributed by atoms with Gasteiger partial charge in [0.1, 0.15) is 0 Å². The molecule has 7 heteroatoms. The van der Waals surface area contributed by atoms with Crippen molar-refractivity contribution in [2.24, 2.45) is 0 Å². The molecule has 2 saturated heterocycles. The smallest absolute Gasteiger partial charge is 0.229 e. The van der Waals surface area contributed by atoms with Crippen LogP contribution in [0, 0.1) is 5.82 Å². The number of anilines is 2. The Balaban J connectivity index is 1.74. The summed E-state index contributed by atoms with van der Waals surface area (Å²) in [6.07, 6.45) is 10.3. The third kappa shape index (κ3) is 4.70. The number of allylic oxidation sites excluding steroid dienone is 4. The van der Waals surface area contributed by atoms with E-state index in [1.807, 2.05) is 0 Å². The Morgan fingerprint density at radius 1 is 1.43 bits per heavy atom. The fraction of sp³-hybridized carbons (Fsp3) is 0.524. The Bertz CT molecular complexity index is 785. The summed E-state index contributed by atoms with van der Waals surface area (Å²) in [5.74, 6) is 0.190. The van der Waals surface area contributed by atoms with Crippen LogP contribution in [0.4, 0.5) is 16.2 Å². The number of nitrogens with zero attached hydrogens (tertiary/aromatic N) is 3. The Kier molecular flexibility index (Phi) is 6.03. The molecule has 0 aromatic carbocycles. The van der Waals surface area contributed by atoms with E-state index in [2.05, 4.69) is 45.9 Å². The number of rotatable bonds is 6. The van der Waals surface area contributed by atoms with Crippen LogP contribution < -0.4 is 10.6 Å². The van der Waals surface area contributed by atoms with E-state index < -0.39 is 5.82 Å². The first-order valence-electron chi connectivity index (χ1n) is 9.81. The number of aromatic nitrogens is 2. The molecule has 0 radical (unpaired) electrons. The second kappa shape index (κ2) is 8.31. The van der Waals surface area contributed by atoms with Crippen LogP contribution in [0.5, 0.6) is 0 Å². The molecule has 0 amide bonds. The van der Waals surface area contributed by atoms with Gasteiger partial charge in [0, 0.05) is 23.3 Å². The van der Waals surface area contributed by atoms with Crippen LogP contribution in [0.1, 0.15) is 46.5 Å². The standard InChI is InChI=1S/C21H30FN5O/c1-5-15(9-8-14(2)28)25-20-23-13-18(22)19(26-20)24-16-11-17-7-6-10-27(17)21(3,4)12-16/h5,8-9,13,16-17,28H,1,6-7,10-12H2,2-4H3,(H2,23,24,25,26)/b14-8+,15-9+/t16-,17+/m1/s1. The molecule has 3 N–H and O–H groups in total. The SMILES string of the molecule is C=C/C(=C\C=C(/C)O)Nc1ncc(F)c(N[C@@H]2C[C@@H]3CCCN3C(C)(C)C2)n1. The lowest BCUT2D eigenvalue weighted by Crippen LogP contribution is -2.55. The average Bonchev–Trinajstić information content (AvgIpc) is 3.10. The maximum atomic E-state index is 14.4. The fourth-order valence-corrected chi connectivity index (χ4v) is 4.34. The van der Waals surface area contributed by atoms with Crippen LogP contribution in [-0.2, 0) is 0 Å². The molecule has 2 atom stereocenters. The largest absolute Gasteiger partial charge is 0.513 e. The predicted octanol–water partition coefficient (Wildman–Crippen LogP) is 4.38. The van der Waals surface area contributed by atoms with E-state index in [1.165, 1.54) is 25.1 Å². The van der Waals surface area contributed by atoms with Gasteiger partial charge in [0.15, 0.2) is 11.6 Å². The number of hydrogen-bond donors (Lipinski definition) is 3. The van der Waals surface area contributed by atoms with E-state index in [-0.39, 0.29) is 29.1 Å². The molecule has 0 unspecified atom stereocenters. The van der Waals surface area contributed by atoms with Gasteiger partial charge in [-0.25, -0.2) is 9.37 Å². The molecule has 6 nitrogen and oxygen atoms in total. The fourth-order valence-electron chi connectivity index (χ4n) is 4.34. The summed E-state index contributed by atoms with van der Waals surface area (Å²) in [7, 11) is 0. The minimum Gasteiger partial charge on any atom is -0.513 e. The number of halogens is 1. The second-order valence-electron chi connectivity index (χ2n) is 8.23. The van der Waals surface area contributed by atoms with Crippen molar-refractivity contribution in [3.8, 4) is 0 Å². The maximum Gasteiger partial charge on any atom is 0.229 e. The van der Waals surface area contributed by atoms with Crippen LogP contribution >= 0.6 is 0 Å². The van der Waals surface area contributed by atoms with Crippen LogP contribution in [0.25, 0.3) is 0 Å². The molecule has 152 valence electrons. The summed E-state index contributed by atoms with van der Waals surface area (Å²) < 4.78 is 14.4. The van der Waals surface area contributed by atoms with E-state index in [0.717, 1.165) is 19.4 Å². The van der Waals surface area contributed by atoms with Gasteiger partial charge >= 0.3 is 0 Å². The summed E-state index contributed by atoms with van der Waals surface area (Å²) in [5, 5.41) is 15.6. The van der Waals surface area contributed by atoms with Gasteiger partial charge in [0.25, 0.3) is 0 Å². The molecular formula is C21H30FN5O. The van der Waals surface area contributed by atoms with Crippen LogP contribution in [0.3, 0.4) is 0 Å². The first kappa shape index (κ1) is 20.3. The van der Waals surface area contributed by atoms with E-state index in [9.17, 15) is 9.50 Å². The molecule has 0 bridgehead atoms. The number of aliphatic hydroxyl groups is 1. The number of aliphatic hydroxyl groups excluding tert-OH is 1. The monoisotopic (exact) mass is 387 g/mol. The number of hydrogen-bond acceptors (Lipinski definition) is 6. The highest BCUT2D eigenvalue weighted by molar-refractivity contribution is 5.47. The van der Waals surface area contributed by atoms with Gasteiger partial charge in [-0.15, -0.1) is 0 Å². The first-order valence-corrected chi connectivity index (χ1v) is 9.81. The van der Waals surface area contributed by atoms with Gasteiger partial charge < -0.3 is 15.7 Å². The lowest BCUT2D eigenvalue weighted by Gasteiger charge is -2.47. The summed E-state index contributed by atoms with van der Waals surface area (Å²) >= 11 is 0. The van der Waals surface area contributed by atoms with Crippen molar-refractivity contribution < 1.29 is 9.50 Å². The number of fused-ring (bicyclic) bond motifs is 1. The number of nitrogens with one attached hydrogen (secondary N) is 2. The molecule has 3 heterocycles. The Labute approximate surface area is 166 Å². The van der Waals surface area contributed by atoms with Crippen molar-refractivity contribution in [3.05, 3.63) is 48.3 Å². The van der Waals surface area contributed by atoms with Crippen LogP contribution in [0.2, 0.25) is 0 Å². The van der Waals surface area contributed by atoms with Gasteiger partial charge in [-0.05, 0) is 71.2 Å². The average molecular weight is 388 g/mol. The van der Waals surface area contributed by atoms with Crippen LogP contribution in [-0.4, -0.2) is 44.1 Å². The van der Waals surface area contributed by atoms with Crippen molar-refractivity contribution in [2.45, 2.75) is 64.1 Å². The third-order valence-electron chi connectivity index (χ3n) is 5.52. The minimum absolute atomic E-state index is 0.0922. The van der Waals surface area contributed by atoms with E-state index in [0.29, 0.717) is 11.7 Å². The normalized spacial score (nSPS) is 25.3. The highest BCUT2D eigenvalue weighted by atomic mass is 19.1. The van der Waals surface area contributed by atoms with E-state index in [1.54, 1.807) is 19.1 Å². The summed E-state index contributed by atoms with van der Waals surface area (Å²) in [5.41, 5.74) is 0.695. The lowest BCUT2D eigenvalue weighted by molar-refractivity contribution is 0.0500. The zero-order chi connectivity index (χ0) is 20.3. The van der Waals surface area contributed by atoms with Crippen molar-refractivity contribution in [1.82, 2.24) is 14.9 Å². The van der Waals surface area contributed by atoms with Crippen LogP contribution in [0.15, 0.2) is 42.5 Å². The van der Waals surface area contributed by atoms with Gasteiger partial charge in [0.05, 0.1) is 12.0 Å². The highest BCUT2D eigenvalue weighted by Gasteiger charge is 2.43.